The summed E-state index contributed by atoms with van der Waals surface area (Å²) in [6, 6.07) is 2.01. The number of aliphatic hydroxyl groups is 1. The minimum Gasteiger partial charge on any atom is -0.466 e. The van der Waals surface area contributed by atoms with E-state index in [1.165, 1.54) is 19.3 Å². The number of rotatable bonds is 1. The molecule has 2 atom stereocenters. The Morgan fingerprint density at radius 1 is 1.36 bits per heavy atom. The summed E-state index contributed by atoms with van der Waals surface area (Å²) in [7, 11) is 0. The van der Waals surface area contributed by atoms with Gasteiger partial charge in [0.15, 0.2) is 0 Å². The Labute approximate surface area is 83.9 Å². The van der Waals surface area contributed by atoms with Gasteiger partial charge in [-0.1, -0.05) is 6.42 Å². The third kappa shape index (κ3) is 0.850. The molecule has 0 aromatic carbocycles. The molecule has 1 aromatic rings. The van der Waals surface area contributed by atoms with Crippen molar-refractivity contribution < 1.29 is 9.52 Å². The van der Waals surface area contributed by atoms with Crippen molar-refractivity contribution in [3.63, 3.8) is 0 Å². The van der Waals surface area contributed by atoms with Crippen molar-refractivity contribution in [2.75, 3.05) is 0 Å². The number of fused-ring (bicyclic) bond motifs is 1. The second kappa shape index (κ2) is 2.43. The average Bonchev–Trinajstić information content (AvgIpc) is 2.60. The summed E-state index contributed by atoms with van der Waals surface area (Å²) in [4.78, 5) is 0. The fourth-order valence-electron chi connectivity index (χ4n) is 3.35. The van der Waals surface area contributed by atoms with E-state index in [4.69, 9.17) is 4.42 Å². The van der Waals surface area contributed by atoms with E-state index in [1.807, 2.05) is 19.9 Å². The monoisotopic (exact) mass is 192 g/mol. The summed E-state index contributed by atoms with van der Waals surface area (Å²) in [6.07, 6.45) is 3.66. The number of hydrogen-bond acceptors (Lipinski definition) is 2. The Balaban J connectivity index is 2.00. The van der Waals surface area contributed by atoms with E-state index in [0.717, 1.165) is 17.1 Å². The quantitative estimate of drug-likeness (QED) is 0.741. The molecule has 2 saturated carbocycles. The predicted molar refractivity (Wildman–Crippen MR) is 52.9 cm³/mol. The molecule has 0 saturated heterocycles. The molecule has 0 amide bonds. The third-order valence-electron chi connectivity index (χ3n) is 4.01. The summed E-state index contributed by atoms with van der Waals surface area (Å²) in [5.74, 6) is 2.84. The Bertz CT molecular complexity index is 368. The number of furan rings is 1. The largest absolute Gasteiger partial charge is 0.466 e. The summed E-state index contributed by atoms with van der Waals surface area (Å²) in [6.45, 7) is 3.90. The van der Waals surface area contributed by atoms with Crippen LogP contribution in [-0.2, 0) is 5.60 Å². The zero-order chi connectivity index (χ0) is 9.92. The molecule has 76 valence electrons. The molecule has 0 spiro atoms. The summed E-state index contributed by atoms with van der Waals surface area (Å²) in [5, 5.41) is 10.5. The molecular formula is C12H16O2. The molecule has 2 aliphatic carbocycles. The number of hydrogen-bond donors (Lipinski definition) is 1. The molecule has 2 nitrogen and oxygen atoms in total. The van der Waals surface area contributed by atoms with Gasteiger partial charge < -0.3 is 9.52 Å². The van der Waals surface area contributed by atoms with Crippen LogP contribution < -0.4 is 0 Å². The van der Waals surface area contributed by atoms with Gasteiger partial charge in [-0.15, -0.1) is 0 Å². The molecule has 0 radical (unpaired) electrons. The van der Waals surface area contributed by atoms with Crippen LogP contribution in [0.15, 0.2) is 10.5 Å². The molecule has 2 heteroatoms. The van der Waals surface area contributed by atoms with Gasteiger partial charge in [0.2, 0.25) is 0 Å². The van der Waals surface area contributed by atoms with Crippen LogP contribution in [0.2, 0.25) is 0 Å². The molecule has 1 N–H and O–H groups in total. The molecule has 14 heavy (non-hydrogen) atoms. The highest BCUT2D eigenvalue weighted by atomic mass is 16.3. The standard InChI is InChI=1S/C12H16O2/c1-7-6-11(8(2)14-7)12(13)9-4-3-5-10(9)12/h6,9-10,13H,3-5H2,1-2H3. The lowest BCUT2D eigenvalue weighted by molar-refractivity contribution is 0.104. The molecule has 1 aromatic heterocycles. The molecule has 0 aliphatic heterocycles. The maximum atomic E-state index is 10.5. The predicted octanol–water partition coefficient (Wildman–Crippen LogP) is 2.51. The maximum Gasteiger partial charge on any atom is 0.107 e. The van der Waals surface area contributed by atoms with E-state index in [-0.39, 0.29) is 0 Å². The van der Waals surface area contributed by atoms with Gasteiger partial charge in [0.1, 0.15) is 11.5 Å². The first-order valence-electron chi connectivity index (χ1n) is 5.44. The summed E-state index contributed by atoms with van der Waals surface area (Å²) in [5.41, 5.74) is 0.518. The number of aryl methyl sites for hydroxylation is 2. The SMILES string of the molecule is Cc1cc(C2(O)C3CCCC32)c(C)o1. The van der Waals surface area contributed by atoms with Gasteiger partial charge in [0, 0.05) is 5.56 Å². The second-order valence-corrected chi connectivity index (χ2v) is 4.80. The molecule has 1 heterocycles. The van der Waals surface area contributed by atoms with Crippen LogP contribution in [0.4, 0.5) is 0 Å². The molecule has 3 rings (SSSR count). The van der Waals surface area contributed by atoms with Crippen LogP contribution in [0.1, 0.15) is 36.3 Å². The highest BCUT2D eigenvalue weighted by Crippen LogP contribution is 2.66. The Kier molecular flexibility index (Phi) is 1.48. The third-order valence-corrected chi connectivity index (χ3v) is 4.01. The summed E-state index contributed by atoms with van der Waals surface area (Å²) >= 11 is 0. The highest BCUT2D eigenvalue weighted by Gasteiger charge is 2.67. The Hall–Kier alpha value is -0.760. The van der Waals surface area contributed by atoms with Crippen molar-refractivity contribution in [3.05, 3.63) is 23.2 Å². The van der Waals surface area contributed by atoms with Gasteiger partial charge in [-0.05, 0) is 44.6 Å². The normalized spacial score (nSPS) is 39.9. The lowest BCUT2D eigenvalue weighted by Crippen LogP contribution is -2.13. The fourth-order valence-corrected chi connectivity index (χ4v) is 3.35. The van der Waals surface area contributed by atoms with Crippen molar-refractivity contribution in [1.82, 2.24) is 0 Å². The van der Waals surface area contributed by atoms with Gasteiger partial charge in [-0.25, -0.2) is 0 Å². The summed E-state index contributed by atoms with van der Waals surface area (Å²) < 4.78 is 5.49. The van der Waals surface area contributed by atoms with Crippen LogP contribution in [0, 0.1) is 25.7 Å². The maximum absolute atomic E-state index is 10.5. The zero-order valence-electron chi connectivity index (χ0n) is 8.71. The molecule has 2 unspecified atom stereocenters. The minimum atomic E-state index is -0.528. The Morgan fingerprint density at radius 2 is 2.00 bits per heavy atom. The van der Waals surface area contributed by atoms with Gasteiger partial charge >= 0.3 is 0 Å². The first-order valence-corrected chi connectivity index (χ1v) is 5.44. The van der Waals surface area contributed by atoms with E-state index >= 15 is 0 Å². The zero-order valence-corrected chi connectivity index (χ0v) is 8.71. The molecular weight excluding hydrogens is 176 g/mol. The second-order valence-electron chi connectivity index (χ2n) is 4.80. The first-order chi connectivity index (χ1) is 6.64. The van der Waals surface area contributed by atoms with Crippen LogP contribution in [0.5, 0.6) is 0 Å². The van der Waals surface area contributed by atoms with Crippen LogP contribution in [-0.4, -0.2) is 5.11 Å². The van der Waals surface area contributed by atoms with Crippen LogP contribution in [0.25, 0.3) is 0 Å². The van der Waals surface area contributed by atoms with E-state index in [2.05, 4.69) is 0 Å². The van der Waals surface area contributed by atoms with Crippen LogP contribution in [0.3, 0.4) is 0 Å². The fraction of sp³-hybridized carbons (Fsp3) is 0.667. The van der Waals surface area contributed by atoms with Gasteiger partial charge in [0.05, 0.1) is 5.60 Å². The van der Waals surface area contributed by atoms with Crippen molar-refractivity contribution in [1.29, 1.82) is 0 Å². The van der Waals surface area contributed by atoms with Crippen molar-refractivity contribution in [2.45, 2.75) is 38.7 Å². The van der Waals surface area contributed by atoms with E-state index in [9.17, 15) is 5.11 Å². The first kappa shape index (κ1) is 8.54. The minimum absolute atomic E-state index is 0.512. The van der Waals surface area contributed by atoms with Crippen molar-refractivity contribution >= 4 is 0 Å². The lowest BCUT2D eigenvalue weighted by atomic mass is 10.00. The van der Waals surface area contributed by atoms with Gasteiger partial charge in [0.25, 0.3) is 0 Å². The topological polar surface area (TPSA) is 33.4 Å². The van der Waals surface area contributed by atoms with E-state index < -0.39 is 5.60 Å². The molecule has 2 fully saturated rings. The highest BCUT2D eigenvalue weighted by molar-refractivity contribution is 5.36. The Morgan fingerprint density at radius 3 is 2.50 bits per heavy atom. The molecule has 2 aliphatic rings. The van der Waals surface area contributed by atoms with E-state index in [0.29, 0.717) is 11.8 Å². The van der Waals surface area contributed by atoms with Crippen molar-refractivity contribution in [2.24, 2.45) is 11.8 Å². The van der Waals surface area contributed by atoms with E-state index in [1.54, 1.807) is 0 Å². The van der Waals surface area contributed by atoms with Crippen LogP contribution >= 0.6 is 0 Å². The van der Waals surface area contributed by atoms with Gasteiger partial charge in [-0.2, -0.15) is 0 Å². The van der Waals surface area contributed by atoms with Crippen molar-refractivity contribution in [3.8, 4) is 0 Å². The lowest BCUT2D eigenvalue weighted by Gasteiger charge is -2.12. The smallest absolute Gasteiger partial charge is 0.107 e. The average molecular weight is 192 g/mol. The molecule has 0 bridgehead atoms. The van der Waals surface area contributed by atoms with Gasteiger partial charge in [-0.3, -0.25) is 0 Å².